The second kappa shape index (κ2) is 3.86. The van der Waals surface area contributed by atoms with Gasteiger partial charge in [-0.2, -0.15) is 0 Å². The van der Waals surface area contributed by atoms with Crippen molar-refractivity contribution in [1.29, 1.82) is 0 Å². The monoisotopic (exact) mass is 209 g/mol. The van der Waals surface area contributed by atoms with Crippen LogP contribution in [0.3, 0.4) is 0 Å². The minimum atomic E-state index is -1.02. The van der Waals surface area contributed by atoms with E-state index in [1.54, 1.807) is 13.0 Å². The van der Waals surface area contributed by atoms with Crippen molar-refractivity contribution in [2.75, 3.05) is 13.2 Å². The molecule has 1 fully saturated rings. The summed E-state index contributed by atoms with van der Waals surface area (Å²) in [5.74, 6) is -0.433. The molecule has 2 rings (SSSR count). The van der Waals surface area contributed by atoms with Gasteiger partial charge in [0.05, 0.1) is 19.4 Å². The highest BCUT2D eigenvalue weighted by Crippen LogP contribution is 2.18. The summed E-state index contributed by atoms with van der Waals surface area (Å²) in [6.07, 6.45) is 1.50. The molecular formula is C10H11NO4. The van der Waals surface area contributed by atoms with E-state index in [4.69, 9.17) is 14.6 Å². The van der Waals surface area contributed by atoms with E-state index in [0.717, 1.165) is 0 Å². The van der Waals surface area contributed by atoms with Gasteiger partial charge in [-0.05, 0) is 18.6 Å². The number of aryl methyl sites for hydroxylation is 1. The Kier molecular flexibility index (Phi) is 2.55. The van der Waals surface area contributed by atoms with Crippen molar-refractivity contribution >= 4 is 5.97 Å². The third-order valence-corrected chi connectivity index (χ3v) is 2.17. The molecule has 2 heterocycles. The van der Waals surface area contributed by atoms with E-state index in [1.165, 1.54) is 6.20 Å². The Hall–Kier alpha value is -1.62. The third-order valence-electron chi connectivity index (χ3n) is 2.17. The van der Waals surface area contributed by atoms with Gasteiger partial charge in [-0.25, -0.2) is 9.78 Å². The van der Waals surface area contributed by atoms with E-state index >= 15 is 0 Å². The third kappa shape index (κ3) is 2.07. The molecule has 0 saturated carbocycles. The number of carboxylic acids is 1. The van der Waals surface area contributed by atoms with Crippen LogP contribution in [-0.2, 0) is 4.74 Å². The molecule has 5 heteroatoms. The van der Waals surface area contributed by atoms with Crippen molar-refractivity contribution in [1.82, 2.24) is 4.98 Å². The topological polar surface area (TPSA) is 68.7 Å². The maximum Gasteiger partial charge on any atom is 0.354 e. The van der Waals surface area contributed by atoms with Crippen LogP contribution in [0, 0.1) is 6.92 Å². The summed E-state index contributed by atoms with van der Waals surface area (Å²) in [5.41, 5.74) is 0.660. The molecule has 0 aliphatic carbocycles. The Balaban J connectivity index is 2.13. The molecule has 0 radical (unpaired) electrons. The van der Waals surface area contributed by atoms with Crippen LogP contribution >= 0.6 is 0 Å². The zero-order valence-corrected chi connectivity index (χ0v) is 8.27. The summed E-state index contributed by atoms with van der Waals surface area (Å²) in [7, 11) is 0. The normalized spacial score (nSPS) is 15.8. The summed E-state index contributed by atoms with van der Waals surface area (Å²) in [5, 5.41) is 8.77. The number of nitrogens with zero attached hydrogens (tertiary/aromatic N) is 1. The fourth-order valence-corrected chi connectivity index (χ4v) is 1.31. The van der Waals surface area contributed by atoms with E-state index in [1.807, 2.05) is 0 Å². The van der Waals surface area contributed by atoms with Crippen LogP contribution in [0.15, 0.2) is 12.3 Å². The lowest BCUT2D eigenvalue weighted by molar-refractivity contribution is -0.0798. The maximum absolute atomic E-state index is 10.7. The summed E-state index contributed by atoms with van der Waals surface area (Å²) in [4.78, 5) is 14.5. The van der Waals surface area contributed by atoms with E-state index in [2.05, 4.69) is 4.98 Å². The lowest BCUT2D eigenvalue weighted by Gasteiger charge is -2.26. The number of pyridine rings is 1. The molecule has 5 nitrogen and oxygen atoms in total. The van der Waals surface area contributed by atoms with Crippen molar-refractivity contribution < 1.29 is 19.4 Å². The van der Waals surface area contributed by atoms with Crippen molar-refractivity contribution in [3.05, 3.63) is 23.5 Å². The van der Waals surface area contributed by atoms with Crippen LogP contribution < -0.4 is 4.74 Å². The molecular weight excluding hydrogens is 198 g/mol. The molecule has 80 valence electrons. The van der Waals surface area contributed by atoms with Gasteiger partial charge in [0.1, 0.15) is 11.9 Å². The number of aromatic carboxylic acids is 1. The minimum absolute atomic E-state index is 0.0622. The standard InChI is InChI=1S/C10H11NO4/c1-6-2-7(15-8-4-14-5-8)3-11-9(6)10(12)13/h2-3,8H,4-5H2,1H3,(H,12,13). The Morgan fingerprint density at radius 1 is 1.67 bits per heavy atom. The van der Waals surface area contributed by atoms with Crippen molar-refractivity contribution in [3.8, 4) is 5.75 Å². The molecule has 0 spiro atoms. The van der Waals surface area contributed by atoms with Gasteiger partial charge in [-0.15, -0.1) is 0 Å². The number of ether oxygens (including phenoxy) is 2. The first-order valence-corrected chi connectivity index (χ1v) is 4.61. The zero-order valence-electron chi connectivity index (χ0n) is 8.27. The second-order valence-electron chi connectivity index (χ2n) is 3.42. The quantitative estimate of drug-likeness (QED) is 0.799. The summed E-state index contributed by atoms with van der Waals surface area (Å²) in [6.45, 7) is 2.86. The summed E-state index contributed by atoms with van der Waals surface area (Å²) >= 11 is 0. The SMILES string of the molecule is Cc1cc(OC2COC2)cnc1C(=O)O. The zero-order chi connectivity index (χ0) is 10.8. The van der Waals surface area contributed by atoms with Gasteiger partial charge < -0.3 is 14.6 Å². The molecule has 0 aromatic carbocycles. The molecule has 15 heavy (non-hydrogen) atoms. The lowest BCUT2D eigenvalue weighted by Crippen LogP contribution is -2.38. The Bertz CT molecular complexity index is 387. The van der Waals surface area contributed by atoms with Gasteiger partial charge in [0.15, 0.2) is 5.69 Å². The van der Waals surface area contributed by atoms with Crippen LogP contribution in [0.1, 0.15) is 16.1 Å². The van der Waals surface area contributed by atoms with Crippen LogP contribution in [0.2, 0.25) is 0 Å². The highest BCUT2D eigenvalue weighted by Gasteiger charge is 2.20. The first kappa shape index (κ1) is 9.92. The fraction of sp³-hybridized carbons (Fsp3) is 0.400. The molecule has 1 N–H and O–H groups in total. The Morgan fingerprint density at radius 2 is 2.40 bits per heavy atom. The number of rotatable bonds is 3. The second-order valence-corrected chi connectivity index (χ2v) is 3.42. The predicted molar refractivity (Wildman–Crippen MR) is 51.2 cm³/mol. The lowest BCUT2D eigenvalue weighted by atomic mass is 10.2. The maximum atomic E-state index is 10.7. The van der Waals surface area contributed by atoms with Gasteiger partial charge in [0, 0.05) is 0 Å². The largest absolute Gasteiger partial charge is 0.484 e. The van der Waals surface area contributed by atoms with E-state index < -0.39 is 5.97 Å². The molecule has 0 atom stereocenters. The molecule has 1 saturated heterocycles. The predicted octanol–water partition coefficient (Wildman–Crippen LogP) is 0.866. The highest BCUT2D eigenvalue weighted by atomic mass is 16.6. The highest BCUT2D eigenvalue weighted by molar-refractivity contribution is 5.87. The molecule has 1 aromatic rings. The van der Waals surface area contributed by atoms with Crippen molar-refractivity contribution in [2.45, 2.75) is 13.0 Å². The first-order chi connectivity index (χ1) is 7.16. The molecule has 1 aliphatic rings. The van der Waals surface area contributed by atoms with E-state index in [-0.39, 0.29) is 11.8 Å². The van der Waals surface area contributed by atoms with E-state index in [9.17, 15) is 4.79 Å². The number of aromatic nitrogens is 1. The van der Waals surface area contributed by atoms with Gasteiger partial charge in [-0.3, -0.25) is 0 Å². The van der Waals surface area contributed by atoms with Crippen LogP contribution in [0.5, 0.6) is 5.75 Å². The molecule has 1 aromatic heterocycles. The number of carboxylic acid groups (broad SMARTS) is 1. The Morgan fingerprint density at radius 3 is 2.87 bits per heavy atom. The van der Waals surface area contributed by atoms with Crippen LogP contribution in [-0.4, -0.2) is 35.4 Å². The average Bonchev–Trinajstić information content (AvgIpc) is 2.11. The number of carbonyl (C=O) groups is 1. The van der Waals surface area contributed by atoms with Gasteiger partial charge in [-0.1, -0.05) is 0 Å². The van der Waals surface area contributed by atoms with E-state index in [0.29, 0.717) is 24.5 Å². The Labute approximate surface area is 86.7 Å². The van der Waals surface area contributed by atoms with Crippen molar-refractivity contribution in [3.63, 3.8) is 0 Å². The molecule has 1 aliphatic heterocycles. The van der Waals surface area contributed by atoms with Crippen molar-refractivity contribution in [2.24, 2.45) is 0 Å². The number of hydrogen-bond donors (Lipinski definition) is 1. The first-order valence-electron chi connectivity index (χ1n) is 4.61. The average molecular weight is 209 g/mol. The van der Waals surface area contributed by atoms with Crippen LogP contribution in [0.4, 0.5) is 0 Å². The van der Waals surface area contributed by atoms with Gasteiger partial charge in [0.2, 0.25) is 0 Å². The smallest absolute Gasteiger partial charge is 0.354 e. The number of hydrogen-bond acceptors (Lipinski definition) is 4. The van der Waals surface area contributed by atoms with Gasteiger partial charge in [0.25, 0.3) is 0 Å². The fourth-order valence-electron chi connectivity index (χ4n) is 1.31. The summed E-state index contributed by atoms with van der Waals surface area (Å²) in [6, 6.07) is 1.68. The molecule has 0 bridgehead atoms. The summed E-state index contributed by atoms with van der Waals surface area (Å²) < 4.78 is 10.4. The molecule has 0 unspecified atom stereocenters. The van der Waals surface area contributed by atoms with Crippen LogP contribution in [0.25, 0.3) is 0 Å². The van der Waals surface area contributed by atoms with Gasteiger partial charge >= 0.3 is 5.97 Å². The minimum Gasteiger partial charge on any atom is -0.484 e. The molecule has 0 amide bonds.